The summed E-state index contributed by atoms with van der Waals surface area (Å²) in [6.45, 7) is 1.14. The molecule has 0 saturated heterocycles. The van der Waals surface area contributed by atoms with Crippen LogP contribution in [0.25, 0.3) is 0 Å². The maximum Gasteiger partial charge on any atom is 0.227 e. The van der Waals surface area contributed by atoms with E-state index < -0.39 is 0 Å². The van der Waals surface area contributed by atoms with Gasteiger partial charge in [-0.25, -0.2) is 0 Å². The fourth-order valence-electron chi connectivity index (χ4n) is 2.44. The standard InChI is InChI=1S/C18H19NO3/c20-18(10-12-21-16-6-2-1-3-7-16)19-15-8-9-17-14(13-15)5-4-11-22-17/h1-3,6-9,13H,4-5,10-12H2,(H,19,20). The summed E-state index contributed by atoms with van der Waals surface area (Å²) in [5, 5.41) is 2.90. The molecule has 22 heavy (non-hydrogen) atoms. The number of nitrogens with one attached hydrogen (secondary N) is 1. The highest BCUT2D eigenvalue weighted by molar-refractivity contribution is 5.91. The zero-order valence-electron chi connectivity index (χ0n) is 12.4. The fraction of sp³-hybridized carbons (Fsp3) is 0.278. The van der Waals surface area contributed by atoms with Gasteiger partial charge < -0.3 is 14.8 Å². The van der Waals surface area contributed by atoms with Crippen molar-refractivity contribution < 1.29 is 14.3 Å². The Morgan fingerprint density at radius 1 is 1.18 bits per heavy atom. The maximum atomic E-state index is 11.9. The molecule has 1 N–H and O–H groups in total. The molecule has 2 aromatic carbocycles. The van der Waals surface area contributed by atoms with E-state index >= 15 is 0 Å². The van der Waals surface area contributed by atoms with E-state index in [0.29, 0.717) is 13.0 Å². The van der Waals surface area contributed by atoms with Crippen molar-refractivity contribution in [1.82, 2.24) is 0 Å². The number of para-hydroxylation sites is 1. The molecule has 0 bridgehead atoms. The van der Waals surface area contributed by atoms with Crippen LogP contribution in [-0.4, -0.2) is 19.1 Å². The molecule has 1 heterocycles. The van der Waals surface area contributed by atoms with E-state index in [1.54, 1.807) is 0 Å². The summed E-state index contributed by atoms with van der Waals surface area (Å²) in [5.41, 5.74) is 1.97. The van der Waals surface area contributed by atoms with Crippen LogP contribution in [0.2, 0.25) is 0 Å². The minimum absolute atomic E-state index is 0.0485. The lowest BCUT2D eigenvalue weighted by molar-refractivity contribution is -0.116. The second-order valence-electron chi connectivity index (χ2n) is 5.23. The summed E-state index contributed by atoms with van der Waals surface area (Å²) in [5.74, 6) is 1.66. The van der Waals surface area contributed by atoms with Crippen LogP contribution in [0.5, 0.6) is 11.5 Å². The lowest BCUT2D eigenvalue weighted by atomic mass is 10.1. The lowest BCUT2D eigenvalue weighted by Gasteiger charge is -2.18. The van der Waals surface area contributed by atoms with Gasteiger partial charge in [-0.15, -0.1) is 0 Å². The van der Waals surface area contributed by atoms with Gasteiger partial charge in [-0.2, -0.15) is 0 Å². The van der Waals surface area contributed by atoms with Crippen molar-refractivity contribution in [3.8, 4) is 11.5 Å². The molecule has 0 unspecified atom stereocenters. The number of anilines is 1. The van der Waals surface area contributed by atoms with Crippen molar-refractivity contribution in [3.63, 3.8) is 0 Å². The van der Waals surface area contributed by atoms with Gasteiger partial charge in [0, 0.05) is 5.69 Å². The summed E-state index contributed by atoms with van der Waals surface area (Å²) < 4.78 is 11.1. The van der Waals surface area contributed by atoms with E-state index in [1.165, 1.54) is 0 Å². The van der Waals surface area contributed by atoms with Gasteiger partial charge in [-0.3, -0.25) is 4.79 Å². The first kappa shape index (κ1) is 14.4. The molecule has 1 amide bonds. The molecule has 0 aromatic heterocycles. The van der Waals surface area contributed by atoms with Crippen LogP contribution in [0.1, 0.15) is 18.4 Å². The Labute approximate surface area is 130 Å². The molecule has 1 aliphatic rings. The molecule has 3 rings (SSSR count). The number of rotatable bonds is 5. The minimum Gasteiger partial charge on any atom is -0.493 e. The van der Waals surface area contributed by atoms with Gasteiger partial charge >= 0.3 is 0 Å². The fourth-order valence-corrected chi connectivity index (χ4v) is 2.44. The van der Waals surface area contributed by atoms with Crippen molar-refractivity contribution >= 4 is 11.6 Å². The molecule has 0 saturated carbocycles. The van der Waals surface area contributed by atoms with Crippen molar-refractivity contribution in [2.45, 2.75) is 19.3 Å². The second-order valence-corrected chi connectivity index (χ2v) is 5.23. The number of hydrogen-bond donors (Lipinski definition) is 1. The third kappa shape index (κ3) is 3.79. The molecule has 1 aliphatic heterocycles. The van der Waals surface area contributed by atoms with E-state index in [-0.39, 0.29) is 5.91 Å². The summed E-state index contributed by atoms with van der Waals surface area (Å²) in [6, 6.07) is 15.3. The number of ether oxygens (including phenoxy) is 2. The van der Waals surface area contributed by atoms with E-state index in [0.717, 1.165) is 42.2 Å². The Kier molecular flexibility index (Phi) is 4.59. The molecule has 0 fully saturated rings. The minimum atomic E-state index is -0.0485. The van der Waals surface area contributed by atoms with Gasteiger partial charge in [-0.1, -0.05) is 18.2 Å². The van der Waals surface area contributed by atoms with E-state index in [1.807, 2.05) is 48.5 Å². The summed E-state index contributed by atoms with van der Waals surface area (Å²) in [4.78, 5) is 11.9. The number of aryl methyl sites for hydroxylation is 1. The average molecular weight is 297 g/mol. The number of amides is 1. The van der Waals surface area contributed by atoms with Crippen molar-refractivity contribution in [1.29, 1.82) is 0 Å². The topological polar surface area (TPSA) is 47.6 Å². The first-order valence-corrected chi connectivity index (χ1v) is 7.55. The SMILES string of the molecule is O=C(CCOc1ccccc1)Nc1ccc2c(c1)CCCO2. The molecule has 2 aromatic rings. The zero-order valence-corrected chi connectivity index (χ0v) is 12.4. The predicted molar refractivity (Wildman–Crippen MR) is 85.4 cm³/mol. The van der Waals surface area contributed by atoms with Crippen LogP contribution >= 0.6 is 0 Å². The molecular weight excluding hydrogens is 278 g/mol. The third-order valence-corrected chi connectivity index (χ3v) is 3.53. The lowest BCUT2D eigenvalue weighted by Crippen LogP contribution is -2.16. The van der Waals surface area contributed by atoms with Gasteiger partial charge in [0.05, 0.1) is 19.6 Å². The number of benzene rings is 2. The predicted octanol–water partition coefficient (Wildman–Crippen LogP) is 3.42. The molecule has 114 valence electrons. The van der Waals surface area contributed by atoms with Crippen LogP contribution in [0.4, 0.5) is 5.69 Å². The number of carbonyl (C=O) groups excluding carboxylic acids is 1. The quantitative estimate of drug-likeness (QED) is 0.920. The zero-order chi connectivity index (χ0) is 15.2. The van der Waals surface area contributed by atoms with E-state index in [2.05, 4.69) is 5.32 Å². The first-order chi connectivity index (χ1) is 10.8. The highest BCUT2D eigenvalue weighted by Gasteiger charge is 2.11. The van der Waals surface area contributed by atoms with Crippen molar-refractivity contribution in [2.24, 2.45) is 0 Å². The van der Waals surface area contributed by atoms with Gasteiger partial charge in [0.2, 0.25) is 5.91 Å². The van der Waals surface area contributed by atoms with E-state index in [4.69, 9.17) is 9.47 Å². The molecule has 0 aliphatic carbocycles. The Balaban J connectivity index is 1.49. The maximum absolute atomic E-state index is 11.9. The molecule has 0 atom stereocenters. The number of hydrogen-bond acceptors (Lipinski definition) is 3. The van der Waals surface area contributed by atoms with Gasteiger partial charge in [0.15, 0.2) is 0 Å². The summed E-state index contributed by atoms with van der Waals surface area (Å²) >= 11 is 0. The third-order valence-electron chi connectivity index (χ3n) is 3.53. The Morgan fingerprint density at radius 2 is 2.05 bits per heavy atom. The average Bonchev–Trinajstić information content (AvgIpc) is 2.56. The highest BCUT2D eigenvalue weighted by atomic mass is 16.5. The van der Waals surface area contributed by atoms with Crippen LogP contribution in [-0.2, 0) is 11.2 Å². The Hall–Kier alpha value is -2.49. The van der Waals surface area contributed by atoms with Crippen molar-refractivity contribution in [2.75, 3.05) is 18.5 Å². The van der Waals surface area contributed by atoms with Crippen molar-refractivity contribution in [3.05, 3.63) is 54.1 Å². The van der Waals surface area contributed by atoms with Crippen LogP contribution < -0.4 is 14.8 Å². The number of carbonyl (C=O) groups is 1. The Bertz CT molecular complexity index is 640. The molecule has 4 heteroatoms. The van der Waals surface area contributed by atoms with Crippen LogP contribution in [0, 0.1) is 0 Å². The molecule has 4 nitrogen and oxygen atoms in total. The van der Waals surface area contributed by atoms with Crippen LogP contribution in [0.15, 0.2) is 48.5 Å². The second kappa shape index (κ2) is 6.98. The normalized spacial score (nSPS) is 12.9. The van der Waals surface area contributed by atoms with Gasteiger partial charge in [-0.05, 0) is 48.7 Å². The Morgan fingerprint density at radius 3 is 2.91 bits per heavy atom. The summed E-state index contributed by atoms with van der Waals surface area (Å²) in [6.07, 6.45) is 2.34. The first-order valence-electron chi connectivity index (χ1n) is 7.55. The molecule has 0 radical (unpaired) electrons. The smallest absolute Gasteiger partial charge is 0.227 e. The summed E-state index contributed by atoms with van der Waals surface area (Å²) in [7, 11) is 0. The van der Waals surface area contributed by atoms with Gasteiger partial charge in [0.25, 0.3) is 0 Å². The molecule has 0 spiro atoms. The van der Waals surface area contributed by atoms with E-state index in [9.17, 15) is 4.79 Å². The number of fused-ring (bicyclic) bond motifs is 1. The van der Waals surface area contributed by atoms with Gasteiger partial charge in [0.1, 0.15) is 11.5 Å². The monoisotopic (exact) mass is 297 g/mol. The largest absolute Gasteiger partial charge is 0.493 e. The van der Waals surface area contributed by atoms with Crippen LogP contribution in [0.3, 0.4) is 0 Å². The highest BCUT2D eigenvalue weighted by Crippen LogP contribution is 2.27. The molecular formula is C18H19NO3.